The molecule has 13 heavy (non-hydrogen) atoms. The van der Waals surface area contributed by atoms with Crippen LogP contribution in [0.2, 0.25) is 0 Å². The van der Waals surface area contributed by atoms with Gasteiger partial charge in [0.1, 0.15) is 0 Å². The van der Waals surface area contributed by atoms with E-state index in [1.54, 1.807) is 11.1 Å². The van der Waals surface area contributed by atoms with Crippen molar-refractivity contribution in [3.8, 4) is 0 Å². The van der Waals surface area contributed by atoms with E-state index in [0.717, 1.165) is 19.6 Å². The molecule has 2 fully saturated rings. The lowest BCUT2D eigenvalue weighted by atomic mass is 9.78. The Morgan fingerprint density at radius 3 is 2.54 bits per heavy atom. The first-order chi connectivity index (χ1) is 6.20. The van der Waals surface area contributed by atoms with Crippen molar-refractivity contribution in [2.45, 2.75) is 38.6 Å². The summed E-state index contributed by atoms with van der Waals surface area (Å²) in [6, 6.07) is 0. The lowest BCUT2D eigenvalue weighted by Gasteiger charge is -2.40. The van der Waals surface area contributed by atoms with E-state index >= 15 is 0 Å². The molecule has 1 aliphatic carbocycles. The van der Waals surface area contributed by atoms with Crippen molar-refractivity contribution >= 4 is 0 Å². The summed E-state index contributed by atoms with van der Waals surface area (Å²) in [5, 5.41) is 6.94. The first-order valence-electron chi connectivity index (χ1n) is 5.33. The molecule has 1 saturated heterocycles. The zero-order valence-corrected chi connectivity index (χ0v) is 8.74. The Morgan fingerprint density at radius 1 is 1.46 bits per heavy atom. The molecule has 2 N–H and O–H groups in total. The highest BCUT2D eigenvalue weighted by atomic mass is 15.0. The zero-order valence-electron chi connectivity index (χ0n) is 8.74. The van der Waals surface area contributed by atoms with Crippen molar-refractivity contribution < 1.29 is 0 Å². The largest absolute Gasteiger partial charge is 0.309 e. The molecule has 74 valence electrons. The van der Waals surface area contributed by atoms with Crippen molar-refractivity contribution in [3.63, 3.8) is 0 Å². The van der Waals surface area contributed by atoms with Gasteiger partial charge in [0.05, 0.1) is 0 Å². The Bertz CT molecular complexity index is 220. The maximum Gasteiger partial charge on any atom is 0.0183 e. The molecule has 0 spiro atoms. The minimum Gasteiger partial charge on any atom is -0.309 e. The summed E-state index contributed by atoms with van der Waals surface area (Å²) in [5.74, 6) is 0. The first kappa shape index (κ1) is 9.22. The predicted octanol–water partition coefficient (Wildman–Crippen LogP) is 1.44. The Morgan fingerprint density at radius 2 is 2.15 bits per heavy atom. The fourth-order valence-corrected chi connectivity index (χ4v) is 1.91. The molecular formula is C11H20N2. The third-order valence-electron chi connectivity index (χ3n) is 3.52. The molecule has 0 bridgehead atoms. The number of hydrogen-bond acceptors (Lipinski definition) is 2. The summed E-state index contributed by atoms with van der Waals surface area (Å²) in [7, 11) is 0. The highest BCUT2D eigenvalue weighted by Crippen LogP contribution is 2.30. The van der Waals surface area contributed by atoms with Crippen LogP contribution in [-0.4, -0.2) is 25.2 Å². The van der Waals surface area contributed by atoms with Crippen molar-refractivity contribution in [3.05, 3.63) is 11.1 Å². The van der Waals surface area contributed by atoms with Crippen molar-refractivity contribution in [2.75, 3.05) is 19.6 Å². The average Bonchev–Trinajstić information content (AvgIpc) is 1.94. The van der Waals surface area contributed by atoms with Gasteiger partial charge in [-0.25, -0.2) is 0 Å². The van der Waals surface area contributed by atoms with E-state index in [1.807, 2.05) is 0 Å². The van der Waals surface area contributed by atoms with Crippen LogP contribution in [0.5, 0.6) is 0 Å². The van der Waals surface area contributed by atoms with Crippen LogP contribution < -0.4 is 10.6 Å². The standard InChI is InChI=1S/C11H20N2/c1-9(10-7-12-8-10)6-13-11(2)4-3-5-11/h12-13H,3-8H2,1-2H3. The molecule has 1 saturated carbocycles. The molecule has 1 heterocycles. The van der Waals surface area contributed by atoms with E-state index in [-0.39, 0.29) is 0 Å². The fraction of sp³-hybridized carbons (Fsp3) is 0.818. The second-order valence-electron chi connectivity index (χ2n) is 4.76. The normalized spacial score (nSPS) is 24.9. The Kier molecular flexibility index (Phi) is 2.43. The molecule has 0 radical (unpaired) electrons. The molecule has 2 heteroatoms. The van der Waals surface area contributed by atoms with Gasteiger partial charge in [-0.2, -0.15) is 0 Å². The highest BCUT2D eigenvalue weighted by Gasteiger charge is 2.30. The highest BCUT2D eigenvalue weighted by molar-refractivity contribution is 5.22. The SMILES string of the molecule is CC(CNC1(C)CCC1)=C1CNC1. The van der Waals surface area contributed by atoms with Gasteiger partial charge < -0.3 is 10.6 Å². The van der Waals surface area contributed by atoms with Crippen LogP contribution in [0.25, 0.3) is 0 Å². The van der Waals surface area contributed by atoms with Crippen LogP contribution in [0, 0.1) is 0 Å². The number of hydrogen-bond donors (Lipinski definition) is 2. The Labute approximate surface area is 80.8 Å². The van der Waals surface area contributed by atoms with E-state index in [2.05, 4.69) is 24.5 Å². The maximum atomic E-state index is 3.66. The topological polar surface area (TPSA) is 24.1 Å². The third kappa shape index (κ3) is 1.94. The molecule has 0 aromatic rings. The zero-order chi connectivity index (χ0) is 9.31. The van der Waals surface area contributed by atoms with Crippen molar-refractivity contribution in [1.82, 2.24) is 10.6 Å². The van der Waals surface area contributed by atoms with Gasteiger partial charge in [-0.3, -0.25) is 0 Å². The van der Waals surface area contributed by atoms with Crippen LogP contribution in [0.3, 0.4) is 0 Å². The van der Waals surface area contributed by atoms with Crippen LogP contribution >= 0.6 is 0 Å². The van der Waals surface area contributed by atoms with Crippen molar-refractivity contribution in [1.29, 1.82) is 0 Å². The third-order valence-corrected chi connectivity index (χ3v) is 3.52. The van der Waals surface area contributed by atoms with E-state index in [9.17, 15) is 0 Å². The molecule has 2 nitrogen and oxygen atoms in total. The monoisotopic (exact) mass is 180 g/mol. The molecule has 0 atom stereocenters. The van der Waals surface area contributed by atoms with E-state index in [4.69, 9.17) is 0 Å². The second-order valence-corrected chi connectivity index (χ2v) is 4.76. The summed E-state index contributed by atoms with van der Waals surface area (Å²) in [4.78, 5) is 0. The van der Waals surface area contributed by atoms with Gasteiger partial charge in [-0.05, 0) is 38.7 Å². The minimum absolute atomic E-state index is 0.457. The van der Waals surface area contributed by atoms with Crippen LogP contribution in [-0.2, 0) is 0 Å². The van der Waals surface area contributed by atoms with Gasteiger partial charge in [0.25, 0.3) is 0 Å². The number of rotatable bonds is 3. The minimum atomic E-state index is 0.457. The van der Waals surface area contributed by atoms with Crippen LogP contribution in [0.1, 0.15) is 33.1 Å². The maximum absolute atomic E-state index is 3.66. The van der Waals surface area contributed by atoms with Gasteiger partial charge in [0.15, 0.2) is 0 Å². The number of nitrogens with one attached hydrogen (secondary N) is 2. The summed E-state index contributed by atoms with van der Waals surface area (Å²) in [5.41, 5.74) is 3.61. The average molecular weight is 180 g/mol. The molecule has 0 aromatic heterocycles. The smallest absolute Gasteiger partial charge is 0.0183 e. The summed E-state index contributed by atoms with van der Waals surface area (Å²) in [6.07, 6.45) is 4.11. The summed E-state index contributed by atoms with van der Waals surface area (Å²) >= 11 is 0. The van der Waals surface area contributed by atoms with Gasteiger partial charge in [-0.15, -0.1) is 0 Å². The van der Waals surface area contributed by atoms with Gasteiger partial charge >= 0.3 is 0 Å². The van der Waals surface area contributed by atoms with E-state index < -0.39 is 0 Å². The van der Waals surface area contributed by atoms with Crippen molar-refractivity contribution in [2.24, 2.45) is 0 Å². The quantitative estimate of drug-likeness (QED) is 0.642. The van der Waals surface area contributed by atoms with Gasteiger partial charge in [-0.1, -0.05) is 5.57 Å². The van der Waals surface area contributed by atoms with Crippen LogP contribution in [0.4, 0.5) is 0 Å². The lowest BCUT2D eigenvalue weighted by Crippen LogP contribution is -2.49. The lowest BCUT2D eigenvalue weighted by molar-refractivity contribution is 0.215. The molecule has 0 aromatic carbocycles. The van der Waals surface area contributed by atoms with Gasteiger partial charge in [0.2, 0.25) is 0 Å². The first-order valence-corrected chi connectivity index (χ1v) is 5.33. The van der Waals surface area contributed by atoms with Gasteiger partial charge in [0, 0.05) is 25.2 Å². The van der Waals surface area contributed by atoms with Crippen LogP contribution in [0.15, 0.2) is 11.1 Å². The predicted molar refractivity (Wildman–Crippen MR) is 55.8 cm³/mol. The molecule has 2 rings (SSSR count). The molecular weight excluding hydrogens is 160 g/mol. The van der Waals surface area contributed by atoms with E-state index in [1.165, 1.54) is 19.3 Å². The van der Waals surface area contributed by atoms with E-state index in [0.29, 0.717) is 5.54 Å². The second kappa shape index (κ2) is 3.43. The fourth-order valence-electron chi connectivity index (χ4n) is 1.91. The Balaban J connectivity index is 1.78. The Hall–Kier alpha value is -0.340. The summed E-state index contributed by atoms with van der Waals surface area (Å²) in [6.45, 7) is 7.92. The molecule has 0 amide bonds. The molecule has 0 unspecified atom stereocenters. The molecule has 2 aliphatic rings. The summed E-state index contributed by atoms with van der Waals surface area (Å²) < 4.78 is 0. The molecule has 1 aliphatic heterocycles.